The van der Waals surface area contributed by atoms with Crippen LogP contribution in [-0.2, 0) is 0 Å². The molecule has 0 amide bonds. The highest BCUT2D eigenvalue weighted by atomic mass is 35.5. The zero-order valence-corrected chi connectivity index (χ0v) is 9.37. The Balaban J connectivity index is 2.47. The van der Waals surface area contributed by atoms with Gasteiger partial charge in [0.05, 0.1) is 11.6 Å². The van der Waals surface area contributed by atoms with Crippen molar-refractivity contribution in [2.75, 3.05) is 0 Å². The normalized spacial score (nSPS) is 9.81. The van der Waals surface area contributed by atoms with Crippen molar-refractivity contribution < 1.29 is 0 Å². The molecule has 0 unspecified atom stereocenters. The molecule has 1 aromatic heterocycles. The van der Waals surface area contributed by atoms with Crippen LogP contribution in [0.2, 0.25) is 10.6 Å². The van der Waals surface area contributed by atoms with E-state index in [0.29, 0.717) is 11.4 Å². The van der Waals surface area contributed by atoms with Crippen LogP contribution in [0.15, 0.2) is 24.3 Å². The molecule has 0 atom stereocenters. The van der Waals surface area contributed by atoms with E-state index in [2.05, 4.69) is 15.0 Å². The van der Waals surface area contributed by atoms with E-state index >= 15 is 0 Å². The Labute approximate surface area is 102 Å². The Morgan fingerprint density at radius 2 is 1.50 bits per heavy atom. The van der Waals surface area contributed by atoms with Crippen molar-refractivity contribution in [3.8, 4) is 17.5 Å². The van der Waals surface area contributed by atoms with Crippen molar-refractivity contribution in [3.05, 3.63) is 40.4 Å². The minimum absolute atomic E-state index is 0.0411. The van der Waals surface area contributed by atoms with Crippen LogP contribution in [0.5, 0.6) is 0 Å². The fourth-order valence-corrected chi connectivity index (χ4v) is 1.51. The third-order valence-corrected chi connectivity index (χ3v) is 2.19. The van der Waals surface area contributed by atoms with Crippen molar-refractivity contribution in [2.24, 2.45) is 0 Å². The molecule has 0 saturated carbocycles. The molecule has 0 aliphatic heterocycles. The van der Waals surface area contributed by atoms with Crippen molar-refractivity contribution in [1.29, 1.82) is 5.26 Å². The van der Waals surface area contributed by atoms with Gasteiger partial charge in [-0.1, -0.05) is 0 Å². The van der Waals surface area contributed by atoms with Gasteiger partial charge in [-0.15, -0.1) is 0 Å². The van der Waals surface area contributed by atoms with Gasteiger partial charge in [-0.2, -0.15) is 20.2 Å². The maximum absolute atomic E-state index is 8.65. The third-order valence-electron chi connectivity index (χ3n) is 1.85. The maximum Gasteiger partial charge on any atom is 0.227 e. The van der Waals surface area contributed by atoms with E-state index in [4.69, 9.17) is 28.5 Å². The van der Waals surface area contributed by atoms with E-state index < -0.39 is 0 Å². The van der Waals surface area contributed by atoms with Gasteiger partial charge in [-0.25, -0.2) is 0 Å². The molecule has 1 aromatic carbocycles. The largest absolute Gasteiger partial charge is 0.227 e. The molecule has 0 radical (unpaired) electrons. The number of rotatable bonds is 1. The topological polar surface area (TPSA) is 62.5 Å². The Morgan fingerprint density at radius 1 is 0.938 bits per heavy atom. The molecule has 78 valence electrons. The molecule has 4 nitrogen and oxygen atoms in total. The van der Waals surface area contributed by atoms with Gasteiger partial charge in [0.1, 0.15) is 0 Å². The predicted molar refractivity (Wildman–Crippen MR) is 60.0 cm³/mol. The molecular weight excluding hydrogens is 247 g/mol. The molecule has 1 heterocycles. The number of aromatic nitrogens is 3. The number of nitriles is 1. The van der Waals surface area contributed by atoms with Gasteiger partial charge in [0.25, 0.3) is 0 Å². The SMILES string of the molecule is N#Cc1ccc(-c2nc(Cl)nc(Cl)n2)cc1. The second-order valence-electron chi connectivity index (χ2n) is 2.89. The van der Waals surface area contributed by atoms with Crippen molar-refractivity contribution >= 4 is 23.2 Å². The summed E-state index contributed by atoms with van der Waals surface area (Å²) in [4.78, 5) is 11.5. The molecular formula is C10H4Cl2N4. The van der Waals surface area contributed by atoms with Gasteiger partial charge < -0.3 is 0 Å². The first-order valence-corrected chi connectivity index (χ1v) is 5.02. The summed E-state index contributed by atoms with van der Waals surface area (Å²) in [5.41, 5.74) is 1.29. The van der Waals surface area contributed by atoms with Crippen molar-refractivity contribution in [3.63, 3.8) is 0 Å². The smallest absolute Gasteiger partial charge is 0.198 e. The van der Waals surface area contributed by atoms with Crippen LogP contribution in [0.25, 0.3) is 11.4 Å². The number of halogens is 2. The first-order chi connectivity index (χ1) is 7.69. The highest BCUT2D eigenvalue weighted by Gasteiger charge is 2.05. The van der Waals surface area contributed by atoms with E-state index in [1.807, 2.05) is 6.07 Å². The van der Waals surface area contributed by atoms with Gasteiger partial charge in [0.2, 0.25) is 10.6 Å². The minimum atomic E-state index is 0.0411. The Kier molecular flexibility index (Phi) is 3.00. The van der Waals surface area contributed by atoms with Gasteiger partial charge in [0.15, 0.2) is 5.82 Å². The summed E-state index contributed by atoms with van der Waals surface area (Å²) in [6.45, 7) is 0. The summed E-state index contributed by atoms with van der Waals surface area (Å²) in [6, 6.07) is 8.80. The summed E-state index contributed by atoms with van der Waals surface area (Å²) in [5, 5.41) is 8.74. The summed E-state index contributed by atoms with van der Waals surface area (Å²) < 4.78 is 0. The monoisotopic (exact) mass is 250 g/mol. The molecule has 0 N–H and O–H groups in total. The van der Waals surface area contributed by atoms with E-state index in [1.165, 1.54) is 0 Å². The number of benzene rings is 1. The van der Waals surface area contributed by atoms with Crippen LogP contribution in [0.3, 0.4) is 0 Å². The lowest BCUT2D eigenvalue weighted by atomic mass is 10.1. The minimum Gasteiger partial charge on any atom is -0.198 e. The molecule has 2 rings (SSSR count). The second kappa shape index (κ2) is 4.44. The van der Waals surface area contributed by atoms with Crippen LogP contribution in [-0.4, -0.2) is 15.0 Å². The van der Waals surface area contributed by atoms with Crippen LogP contribution >= 0.6 is 23.2 Å². The number of nitrogens with zero attached hydrogens (tertiary/aromatic N) is 4. The Hall–Kier alpha value is -1.70. The van der Waals surface area contributed by atoms with E-state index in [9.17, 15) is 0 Å². The molecule has 2 aromatic rings. The third kappa shape index (κ3) is 2.27. The van der Waals surface area contributed by atoms with Crippen molar-refractivity contribution in [2.45, 2.75) is 0 Å². The molecule has 16 heavy (non-hydrogen) atoms. The molecule has 0 bridgehead atoms. The quantitative estimate of drug-likeness (QED) is 0.781. The van der Waals surface area contributed by atoms with Crippen LogP contribution in [0.4, 0.5) is 0 Å². The Bertz CT molecular complexity index is 540. The van der Waals surface area contributed by atoms with Crippen LogP contribution in [0.1, 0.15) is 5.56 Å². The average molecular weight is 251 g/mol. The first kappa shape index (κ1) is 10.8. The molecule has 0 spiro atoms. The standard InChI is InChI=1S/C10H4Cl2N4/c11-9-14-8(15-10(12)16-9)7-3-1-6(5-13)2-4-7/h1-4H. The number of hydrogen-bond donors (Lipinski definition) is 0. The summed E-state index contributed by atoms with van der Waals surface area (Å²) in [6.07, 6.45) is 0. The maximum atomic E-state index is 8.65. The summed E-state index contributed by atoms with van der Waals surface area (Å²) >= 11 is 11.3. The van der Waals surface area contributed by atoms with E-state index in [0.717, 1.165) is 5.56 Å². The summed E-state index contributed by atoms with van der Waals surface area (Å²) in [7, 11) is 0. The van der Waals surface area contributed by atoms with Crippen LogP contribution < -0.4 is 0 Å². The van der Waals surface area contributed by atoms with Gasteiger partial charge in [0, 0.05) is 5.56 Å². The first-order valence-electron chi connectivity index (χ1n) is 4.26. The zero-order valence-electron chi connectivity index (χ0n) is 7.85. The summed E-state index contributed by atoms with van der Waals surface area (Å²) in [5.74, 6) is 0.384. The molecule has 0 fully saturated rings. The molecule has 0 saturated heterocycles. The lowest BCUT2D eigenvalue weighted by molar-refractivity contribution is 1.06. The molecule has 0 aliphatic rings. The highest BCUT2D eigenvalue weighted by Crippen LogP contribution is 2.18. The van der Waals surface area contributed by atoms with Gasteiger partial charge in [-0.3, -0.25) is 0 Å². The number of hydrogen-bond acceptors (Lipinski definition) is 4. The molecule has 6 heteroatoms. The Morgan fingerprint density at radius 3 is 2.00 bits per heavy atom. The van der Waals surface area contributed by atoms with Gasteiger partial charge >= 0.3 is 0 Å². The zero-order chi connectivity index (χ0) is 11.5. The van der Waals surface area contributed by atoms with Crippen molar-refractivity contribution in [1.82, 2.24) is 15.0 Å². The van der Waals surface area contributed by atoms with Gasteiger partial charge in [-0.05, 0) is 47.5 Å². The van der Waals surface area contributed by atoms with E-state index in [-0.39, 0.29) is 10.6 Å². The van der Waals surface area contributed by atoms with Crippen LogP contribution in [0, 0.1) is 11.3 Å². The lowest BCUT2D eigenvalue weighted by Gasteiger charge is -2.00. The predicted octanol–water partition coefficient (Wildman–Crippen LogP) is 2.72. The fraction of sp³-hybridized carbons (Fsp3) is 0. The lowest BCUT2D eigenvalue weighted by Crippen LogP contribution is -1.93. The van der Waals surface area contributed by atoms with E-state index in [1.54, 1.807) is 24.3 Å². The highest BCUT2D eigenvalue weighted by molar-refractivity contribution is 6.31. The fourth-order valence-electron chi connectivity index (χ4n) is 1.15. The molecule has 0 aliphatic carbocycles. The second-order valence-corrected chi connectivity index (χ2v) is 3.56. The average Bonchev–Trinajstić information content (AvgIpc) is 2.28.